The van der Waals surface area contributed by atoms with Crippen LogP contribution in [0.4, 0.5) is 4.79 Å². The van der Waals surface area contributed by atoms with Crippen molar-refractivity contribution in [1.29, 1.82) is 0 Å². The number of primary amides is 1. The van der Waals surface area contributed by atoms with Gasteiger partial charge in [-0.05, 0) is 54.4 Å². The Balaban J connectivity index is 2.08. The molecule has 2 rings (SSSR count). The van der Waals surface area contributed by atoms with Crippen molar-refractivity contribution in [2.75, 3.05) is 13.7 Å². The van der Waals surface area contributed by atoms with E-state index in [0.717, 1.165) is 6.42 Å². The molecular formula is C19H21N3O5. The lowest BCUT2D eigenvalue weighted by Gasteiger charge is -2.10. The second-order valence-electron chi connectivity index (χ2n) is 5.41. The molecule has 2 aromatic carbocycles. The fourth-order valence-corrected chi connectivity index (χ4v) is 2.09. The summed E-state index contributed by atoms with van der Waals surface area (Å²) in [5.41, 5.74) is 8.02. The van der Waals surface area contributed by atoms with Gasteiger partial charge >= 0.3 is 12.0 Å². The molecule has 0 saturated carbocycles. The minimum atomic E-state index is -0.769. The first-order valence-electron chi connectivity index (χ1n) is 8.25. The van der Waals surface area contributed by atoms with Gasteiger partial charge in [-0.25, -0.2) is 15.0 Å². The molecule has 0 aromatic heterocycles. The number of rotatable bonds is 8. The van der Waals surface area contributed by atoms with Crippen molar-refractivity contribution >= 4 is 18.2 Å². The molecule has 0 radical (unpaired) electrons. The van der Waals surface area contributed by atoms with Crippen molar-refractivity contribution in [3.8, 4) is 17.2 Å². The minimum Gasteiger partial charge on any atom is -0.494 e. The van der Waals surface area contributed by atoms with E-state index in [4.69, 9.17) is 19.9 Å². The fourth-order valence-electron chi connectivity index (χ4n) is 2.09. The van der Waals surface area contributed by atoms with Crippen molar-refractivity contribution in [3.63, 3.8) is 0 Å². The zero-order valence-corrected chi connectivity index (χ0v) is 15.1. The minimum absolute atomic E-state index is 0.258. The summed E-state index contributed by atoms with van der Waals surface area (Å²) in [6.07, 6.45) is 2.29. The Morgan fingerprint density at radius 1 is 1.15 bits per heavy atom. The number of benzene rings is 2. The molecule has 8 nitrogen and oxygen atoms in total. The van der Waals surface area contributed by atoms with Crippen molar-refractivity contribution in [2.24, 2.45) is 10.8 Å². The number of nitrogens with one attached hydrogen (secondary N) is 1. The molecule has 142 valence electrons. The van der Waals surface area contributed by atoms with Gasteiger partial charge in [0.25, 0.3) is 0 Å². The number of carbonyl (C=O) groups is 2. The largest absolute Gasteiger partial charge is 0.494 e. The van der Waals surface area contributed by atoms with Crippen LogP contribution in [0, 0.1) is 0 Å². The molecule has 0 bridgehead atoms. The third-order valence-corrected chi connectivity index (χ3v) is 3.34. The van der Waals surface area contributed by atoms with Gasteiger partial charge in [0.05, 0.1) is 25.5 Å². The number of methoxy groups -OCH3 is 1. The fraction of sp³-hybridized carbons (Fsp3) is 0.211. The van der Waals surface area contributed by atoms with Gasteiger partial charge < -0.3 is 19.9 Å². The maximum Gasteiger partial charge on any atom is 0.343 e. The van der Waals surface area contributed by atoms with Crippen LogP contribution in [0.3, 0.4) is 0 Å². The highest BCUT2D eigenvalue weighted by Gasteiger charge is 2.13. The van der Waals surface area contributed by atoms with Crippen LogP contribution in [-0.4, -0.2) is 31.9 Å². The lowest BCUT2D eigenvalue weighted by molar-refractivity contribution is 0.0729. The number of hydrogen-bond donors (Lipinski definition) is 2. The number of urea groups is 1. The highest BCUT2D eigenvalue weighted by atomic mass is 16.6. The average Bonchev–Trinajstić information content (AvgIpc) is 2.67. The molecule has 0 saturated heterocycles. The van der Waals surface area contributed by atoms with Gasteiger partial charge in [0.2, 0.25) is 0 Å². The number of esters is 1. The van der Waals surface area contributed by atoms with E-state index in [2.05, 4.69) is 10.5 Å². The predicted molar refractivity (Wildman–Crippen MR) is 100 cm³/mol. The molecule has 3 N–H and O–H groups in total. The highest BCUT2D eigenvalue weighted by molar-refractivity contribution is 5.91. The smallest absolute Gasteiger partial charge is 0.343 e. The molecule has 0 aliphatic carbocycles. The molecule has 0 aliphatic heterocycles. The summed E-state index contributed by atoms with van der Waals surface area (Å²) in [7, 11) is 1.45. The highest BCUT2D eigenvalue weighted by Crippen LogP contribution is 2.28. The molecular weight excluding hydrogens is 350 g/mol. The Kier molecular flexibility index (Phi) is 7.18. The molecule has 0 unspecified atom stereocenters. The first kappa shape index (κ1) is 19.8. The van der Waals surface area contributed by atoms with E-state index >= 15 is 0 Å². The van der Waals surface area contributed by atoms with Gasteiger partial charge in [0.1, 0.15) is 5.75 Å². The van der Waals surface area contributed by atoms with Gasteiger partial charge in [0, 0.05) is 0 Å². The number of carbonyl (C=O) groups excluding carboxylic acids is 2. The first-order valence-corrected chi connectivity index (χ1v) is 8.25. The van der Waals surface area contributed by atoms with Crippen LogP contribution in [0.15, 0.2) is 47.6 Å². The summed E-state index contributed by atoms with van der Waals surface area (Å²) in [5, 5.41) is 3.66. The summed E-state index contributed by atoms with van der Waals surface area (Å²) in [6.45, 7) is 2.64. The van der Waals surface area contributed by atoms with Crippen LogP contribution in [0.1, 0.15) is 29.3 Å². The molecule has 0 aliphatic rings. The van der Waals surface area contributed by atoms with Crippen LogP contribution in [0.5, 0.6) is 17.2 Å². The summed E-state index contributed by atoms with van der Waals surface area (Å²) in [4.78, 5) is 22.9. The Labute approximate surface area is 156 Å². The number of nitrogens with two attached hydrogens (primary N) is 1. The second-order valence-corrected chi connectivity index (χ2v) is 5.41. The lowest BCUT2D eigenvalue weighted by Crippen LogP contribution is -2.24. The van der Waals surface area contributed by atoms with Crippen LogP contribution in [-0.2, 0) is 0 Å². The number of hydrogen-bond acceptors (Lipinski definition) is 6. The lowest BCUT2D eigenvalue weighted by atomic mass is 10.2. The van der Waals surface area contributed by atoms with E-state index in [-0.39, 0.29) is 5.75 Å². The van der Waals surface area contributed by atoms with E-state index in [1.54, 1.807) is 42.5 Å². The monoisotopic (exact) mass is 371 g/mol. The molecule has 2 amide bonds. The average molecular weight is 371 g/mol. The normalized spacial score (nSPS) is 10.4. The molecule has 0 fully saturated rings. The number of amides is 2. The van der Waals surface area contributed by atoms with E-state index in [1.165, 1.54) is 13.3 Å². The van der Waals surface area contributed by atoms with Crippen LogP contribution < -0.4 is 25.4 Å². The maximum atomic E-state index is 12.3. The van der Waals surface area contributed by atoms with E-state index < -0.39 is 12.0 Å². The molecule has 27 heavy (non-hydrogen) atoms. The van der Waals surface area contributed by atoms with E-state index in [9.17, 15) is 9.59 Å². The number of ether oxygens (including phenoxy) is 3. The molecule has 8 heteroatoms. The zero-order chi connectivity index (χ0) is 19.6. The second kappa shape index (κ2) is 9.81. The summed E-state index contributed by atoms with van der Waals surface area (Å²) >= 11 is 0. The molecule has 0 atom stereocenters. The topological polar surface area (TPSA) is 112 Å². The van der Waals surface area contributed by atoms with E-state index in [0.29, 0.717) is 29.2 Å². The van der Waals surface area contributed by atoms with Crippen LogP contribution in [0.2, 0.25) is 0 Å². The Morgan fingerprint density at radius 2 is 1.89 bits per heavy atom. The van der Waals surface area contributed by atoms with Gasteiger partial charge in [-0.15, -0.1) is 0 Å². The first-order chi connectivity index (χ1) is 13.0. The van der Waals surface area contributed by atoms with Crippen molar-refractivity contribution in [3.05, 3.63) is 53.6 Å². The molecule has 2 aromatic rings. The Bertz CT molecular complexity index is 819. The van der Waals surface area contributed by atoms with Crippen LogP contribution >= 0.6 is 0 Å². The summed E-state index contributed by atoms with van der Waals surface area (Å²) in [5.74, 6) is 0.773. The summed E-state index contributed by atoms with van der Waals surface area (Å²) in [6, 6.07) is 10.8. The van der Waals surface area contributed by atoms with E-state index in [1.807, 2.05) is 6.92 Å². The Morgan fingerprint density at radius 3 is 2.52 bits per heavy atom. The van der Waals surface area contributed by atoms with Gasteiger partial charge in [-0.3, -0.25) is 0 Å². The Hall–Kier alpha value is -3.55. The third kappa shape index (κ3) is 6.03. The maximum absolute atomic E-state index is 12.3. The van der Waals surface area contributed by atoms with Crippen LogP contribution in [0.25, 0.3) is 0 Å². The third-order valence-electron chi connectivity index (χ3n) is 3.34. The number of nitrogens with zero attached hydrogens (tertiary/aromatic N) is 1. The van der Waals surface area contributed by atoms with Gasteiger partial charge in [0.15, 0.2) is 11.5 Å². The quantitative estimate of drug-likeness (QED) is 0.321. The van der Waals surface area contributed by atoms with Crippen molar-refractivity contribution < 1.29 is 23.8 Å². The SMILES string of the molecule is CCCOc1ccc(C(=O)Oc2ccc(C=NNC(N)=O)cc2OC)cc1. The van der Waals surface area contributed by atoms with Crippen molar-refractivity contribution in [1.82, 2.24) is 5.43 Å². The predicted octanol–water partition coefficient (Wildman–Crippen LogP) is 2.71. The standard InChI is InChI=1S/C19H21N3O5/c1-3-10-26-15-7-5-14(6-8-15)18(23)27-16-9-4-13(11-17(16)25-2)12-21-22-19(20)24/h4-9,11-12H,3,10H2,1-2H3,(H3,20,22,24). The van der Waals surface area contributed by atoms with Crippen molar-refractivity contribution in [2.45, 2.75) is 13.3 Å². The zero-order valence-electron chi connectivity index (χ0n) is 15.1. The molecule has 0 heterocycles. The van der Waals surface area contributed by atoms with Gasteiger partial charge in [-0.1, -0.05) is 6.92 Å². The molecule has 0 spiro atoms. The summed E-state index contributed by atoms with van der Waals surface area (Å²) < 4.78 is 16.1. The number of hydrazone groups is 1. The van der Waals surface area contributed by atoms with Gasteiger partial charge in [-0.2, -0.15) is 5.10 Å².